The Morgan fingerprint density at radius 2 is 0.571 bits per heavy atom. The van der Waals surface area contributed by atoms with Crippen molar-refractivity contribution in [1.29, 1.82) is 0 Å². The van der Waals surface area contributed by atoms with Crippen molar-refractivity contribution < 1.29 is 0 Å². The molecule has 0 rings (SSSR count). The fourth-order valence-corrected chi connectivity index (χ4v) is 0. The zero-order valence-electron chi connectivity index (χ0n) is 1.82. The second kappa shape index (κ2) is 237. The monoisotopic (exact) mass is 176 g/mol. The normalized spacial score (nSPS) is 1.14. The Kier molecular flexibility index (Phi) is 1460. The van der Waals surface area contributed by atoms with Crippen molar-refractivity contribution >= 4 is 39.6 Å². The van der Waals surface area contributed by atoms with E-state index in [0.717, 1.165) is 0 Å². The van der Waals surface area contributed by atoms with Crippen LogP contribution in [0, 0.1) is 0 Å². The highest BCUT2D eigenvalue weighted by Gasteiger charge is 0.657. The van der Waals surface area contributed by atoms with Crippen LogP contribution in [0.5, 0.6) is 0 Å². The van der Waals surface area contributed by atoms with Crippen molar-refractivity contribution in [2.45, 2.75) is 22.3 Å². The van der Waals surface area contributed by atoms with Gasteiger partial charge < -0.3 is 0 Å². The average molecular weight is 176 g/mol. The van der Waals surface area contributed by atoms with Crippen molar-refractivity contribution in [3.8, 4) is 0 Å². The van der Waals surface area contributed by atoms with Gasteiger partial charge in [0.05, 0.1) is 0 Å². The van der Waals surface area contributed by atoms with Crippen LogP contribution in [-0.2, 0) is 23.6 Å². The molecule has 7 heavy (non-hydrogen) atoms. The molecule has 0 radical (unpaired) electrons. The smallest absolute Gasteiger partial charge is 0.0437 e. The van der Waals surface area contributed by atoms with Gasteiger partial charge in [-0.05, 0) is 16.0 Å². The minimum atomic E-state index is 0. The zero-order chi connectivity index (χ0) is 4.00. The first-order chi connectivity index (χ1) is 2.00. The van der Waals surface area contributed by atoms with Crippen molar-refractivity contribution in [3.05, 3.63) is 0 Å². The summed E-state index contributed by atoms with van der Waals surface area (Å²) < 4.78 is 0. The van der Waals surface area contributed by atoms with E-state index < -0.39 is 0 Å². The summed E-state index contributed by atoms with van der Waals surface area (Å²) in [4.78, 5) is 0. The minimum absolute atomic E-state index is 0. The van der Waals surface area contributed by atoms with E-state index >= 15 is 0 Å². The Labute approximate surface area is 62.2 Å². The molecule has 0 aromatic heterocycles. The van der Waals surface area contributed by atoms with Crippen molar-refractivity contribution in [2.24, 2.45) is 0 Å². The molecule has 0 spiro atoms. The van der Waals surface area contributed by atoms with E-state index in [4.69, 9.17) is 0 Å². The van der Waals surface area contributed by atoms with Crippen LogP contribution in [0.1, 0.15) is 22.3 Å². The van der Waals surface area contributed by atoms with E-state index in [0.29, 0.717) is 0 Å². The first-order valence-corrected chi connectivity index (χ1v) is 3.67. The standard InChI is InChI=1S/3CH4.2HPS/c;;;2*1-2/h3*1H4;2*1H. The molecule has 0 saturated carbocycles. The van der Waals surface area contributed by atoms with E-state index in [2.05, 4.69) is 39.6 Å². The summed E-state index contributed by atoms with van der Waals surface area (Å²) in [7, 11) is 5.11. The van der Waals surface area contributed by atoms with E-state index in [1.165, 1.54) is 0 Å². The Balaban J connectivity index is -0.00000000267. The maximum Gasteiger partial charge on any atom is -0.0437 e. The molecule has 4 heteroatoms. The third-order valence-electron chi connectivity index (χ3n) is 0. The van der Waals surface area contributed by atoms with Gasteiger partial charge in [-0.2, -0.15) is 0 Å². The molecule has 0 saturated heterocycles. The Morgan fingerprint density at radius 3 is 0.571 bits per heavy atom. The van der Waals surface area contributed by atoms with Crippen LogP contribution in [0.3, 0.4) is 0 Å². The molecular weight excluding hydrogens is 162 g/mol. The minimum Gasteiger partial charge on any atom is -0.0776 e. The molecule has 0 aromatic rings. The molecule has 0 fully saturated rings. The van der Waals surface area contributed by atoms with Crippen LogP contribution in [0.2, 0.25) is 0 Å². The Morgan fingerprint density at radius 1 is 0.571 bits per heavy atom. The number of hydrogen-bond donors (Lipinski definition) is 0. The molecule has 0 aromatic carbocycles. The first-order valence-electron chi connectivity index (χ1n) is 0.408. The van der Waals surface area contributed by atoms with Crippen LogP contribution in [0.15, 0.2) is 0 Å². The molecule has 0 bridgehead atoms. The number of rotatable bonds is 0. The third kappa shape index (κ3) is 165. The lowest BCUT2D eigenvalue weighted by Gasteiger charge is -0.760. The largest absolute Gasteiger partial charge is 0.0776 e. The van der Waals surface area contributed by atoms with Gasteiger partial charge in [-0.1, -0.05) is 45.9 Å². The summed E-state index contributed by atoms with van der Waals surface area (Å²) in [6, 6.07) is 0. The molecule has 48 valence electrons. The highest BCUT2D eigenvalue weighted by molar-refractivity contribution is 7.89. The maximum atomic E-state index is 3.89. The molecule has 0 aliphatic carbocycles. The summed E-state index contributed by atoms with van der Waals surface area (Å²) in [5.74, 6) is 0. The zero-order valence-corrected chi connectivity index (χ0v) is 5.45. The molecule has 0 aliphatic rings. The van der Waals surface area contributed by atoms with Crippen LogP contribution in [-0.4, -0.2) is 0 Å². The fraction of sp³-hybridized carbons (Fsp3) is 1.00. The number of hydrogen-bond acceptors (Lipinski definition) is 2. The Bertz CT molecular complexity index is 12.9. The van der Waals surface area contributed by atoms with Gasteiger partial charge in [-0.3, -0.25) is 0 Å². The molecule has 0 N–H and O–H groups in total. The van der Waals surface area contributed by atoms with Gasteiger partial charge >= 0.3 is 0 Å². The predicted octanol–water partition coefficient (Wildman–Crippen LogP) is 3.09. The molecule has 0 unspecified atom stereocenters. The first kappa shape index (κ1) is 43.1. The summed E-state index contributed by atoms with van der Waals surface area (Å²) in [6.07, 6.45) is 0. The average Bonchev–Trinajstić information content (AvgIpc) is 1.50. The molecule has 0 atom stereocenters. The summed E-state index contributed by atoms with van der Waals surface area (Å²) in [5.41, 5.74) is 0. The SMILES string of the molecule is C.C.C.P=S.P=S. The van der Waals surface area contributed by atoms with Crippen LogP contribution in [0.4, 0.5) is 0 Å². The lowest BCUT2D eigenvalue weighted by Crippen LogP contribution is -0.399. The maximum absolute atomic E-state index is 3.89. The summed E-state index contributed by atoms with van der Waals surface area (Å²) in [6.45, 7) is 0. The van der Waals surface area contributed by atoms with E-state index in [1.54, 1.807) is 0 Å². The van der Waals surface area contributed by atoms with Crippen LogP contribution >= 0.6 is 16.0 Å². The molecule has 0 heterocycles. The van der Waals surface area contributed by atoms with Crippen molar-refractivity contribution in [1.82, 2.24) is 0 Å². The van der Waals surface area contributed by atoms with Gasteiger partial charge in [0.15, 0.2) is 0 Å². The second-order valence-corrected chi connectivity index (χ2v) is 0. The van der Waals surface area contributed by atoms with Gasteiger partial charge in [0.2, 0.25) is 0 Å². The quantitative estimate of drug-likeness (QED) is 0.520. The van der Waals surface area contributed by atoms with Gasteiger partial charge in [0.25, 0.3) is 0 Å². The molecular formula is C3H14P2S2. The molecule has 0 aliphatic heterocycles. The molecule has 0 amide bonds. The second-order valence-electron chi connectivity index (χ2n) is 0. The van der Waals surface area contributed by atoms with Gasteiger partial charge in [-0.25, -0.2) is 0 Å². The lowest BCUT2D eigenvalue weighted by molar-refractivity contribution is 2.50. The van der Waals surface area contributed by atoms with E-state index in [1.807, 2.05) is 0 Å². The topological polar surface area (TPSA) is 0 Å². The summed E-state index contributed by atoms with van der Waals surface area (Å²) >= 11 is 7.78. The highest BCUT2D eigenvalue weighted by Crippen LogP contribution is 1.26. The third-order valence-corrected chi connectivity index (χ3v) is 0. The summed E-state index contributed by atoms with van der Waals surface area (Å²) in [5, 5.41) is 0. The van der Waals surface area contributed by atoms with Crippen LogP contribution in [0.25, 0.3) is 0 Å². The fourth-order valence-electron chi connectivity index (χ4n) is 0. The van der Waals surface area contributed by atoms with E-state index in [9.17, 15) is 0 Å². The van der Waals surface area contributed by atoms with Crippen molar-refractivity contribution in [3.63, 3.8) is 0 Å². The highest BCUT2D eigenvalue weighted by atomic mass is 32.4. The van der Waals surface area contributed by atoms with Gasteiger partial charge in [0.1, 0.15) is 0 Å². The Hall–Kier alpha value is 1.04. The van der Waals surface area contributed by atoms with E-state index in [-0.39, 0.29) is 22.3 Å². The van der Waals surface area contributed by atoms with Crippen molar-refractivity contribution in [2.75, 3.05) is 0 Å². The predicted molar refractivity (Wildman–Crippen MR) is 51.6 cm³/mol. The molecule has 0 nitrogen and oxygen atoms in total. The van der Waals surface area contributed by atoms with Crippen LogP contribution < -0.4 is 0 Å². The van der Waals surface area contributed by atoms with Gasteiger partial charge in [-0.15, -0.1) is 0 Å². The van der Waals surface area contributed by atoms with Gasteiger partial charge in [0, 0.05) is 0 Å². The lowest BCUT2D eigenvalue weighted by atomic mass is 12.0.